The Kier molecular flexibility index (Phi) is 3.32. The van der Waals surface area contributed by atoms with Crippen molar-refractivity contribution in [1.82, 2.24) is 0 Å². The van der Waals surface area contributed by atoms with Crippen molar-refractivity contribution in [3.05, 3.63) is 28.2 Å². The first-order valence-electron chi connectivity index (χ1n) is 5.38. The number of halogens is 1. The summed E-state index contributed by atoms with van der Waals surface area (Å²) in [4.78, 5) is 0. The lowest BCUT2D eigenvalue weighted by molar-refractivity contribution is 0.118. The van der Waals surface area contributed by atoms with Crippen molar-refractivity contribution in [2.45, 2.75) is 38.3 Å². The Hall–Kier alpha value is -0.540. The second kappa shape index (κ2) is 4.54. The Bertz CT molecular complexity index is 347. The van der Waals surface area contributed by atoms with Crippen molar-refractivity contribution in [3.63, 3.8) is 0 Å². The second-order valence-corrected chi connectivity index (χ2v) is 5.06. The minimum atomic E-state index is 0.0215. The molecule has 0 aliphatic heterocycles. The van der Waals surface area contributed by atoms with E-state index in [0.29, 0.717) is 6.10 Å². The van der Waals surface area contributed by atoms with Crippen LogP contribution in [0, 0.1) is 0 Å². The molecule has 0 heterocycles. The van der Waals surface area contributed by atoms with E-state index in [2.05, 4.69) is 15.9 Å². The first-order chi connectivity index (χ1) is 7.16. The number of benzene rings is 1. The van der Waals surface area contributed by atoms with Gasteiger partial charge in [0.15, 0.2) is 0 Å². The molecule has 1 aliphatic carbocycles. The van der Waals surface area contributed by atoms with Crippen molar-refractivity contribution in [1.29, 1.82) is 0 Å². The molecular weight excluding hydrogens is 254 g/mol. The minimum Gasteiger partial charge on any atom is -0.490 e. The van der Waals surface area contributed by atoms with Crippen LogP contribution in [-0.4, -0.2) is 6.10 Å². The van der Waals surface area contributed by atoms with Crippen LogP contribution >= 0.6 is 15.9 Å². The first kappa shape index (κ1) is 11.0. The molecule has 1 aromatic carbocycles. The topological polar surface area (TPSA) is 35.2 Å². The van der Waals surface area contributed by atoms with Crippen molar-refractivity contribution in [3.8, 4) is 5.75 Å². The molecule has 0 bridgehead atoms. The average Bonchev–Trinajstić information content (AvgIpc) is 2.11. The van der Waals surface area contributed by atoms with Gasteiger partial charge < -0.3 is 10.5 Å². The molecule has 15 heavy (non-hydrogen) atoms. The highest BCUT2D eigenvalue weighted by Gasteiger charge is 2.21. The van der Waals surface area contributed by atoms with Gasteiger partial charge in [-0.05, 0) is 38.3 Å². The van der Waals surface area contributed by atoms with Gasteiger partial charge in [0.2, 0.25) is 0 Å². The average molecular weight is 270 g/mol. The molecule has 1 aromatic rings. The van der Waals surface area contributed by atoms with Gasteiger partial charge in [0, 0.05) is 16.1 Å². The van der Waals surface area contributed by atoms with Gasteiger partial charge in [-0.25, -0.2) is 0 Å². The SMILES string of the molecule is CC(N)c1ccc(Br)cc1OC1CCC1. The third-order valence-electron chi connectivity index (χ3n) is 2.81. The molecule has 1 saturated carbocycles. The zero-order valence-corrected chi connectivity index (χ0v) is 10.5. The molecule has 0 amide bonds. The maximum Gasteiger partial charge on any atom is 0.125 e. The van der Waals surface area contributed by atoms with Gasteiger partial charge in [-0.3, -0.25) is 0 Å². The summed E-state index contributed by atoms with van der Waals surface area (Å²) in [6.07, 6.45) is 4.03. The zero-order valence-electron chi connectivity index (χ0n) is 8.87. The molecule has 2 N–H and O–H groups in total. The quantitative estimate of drug-likeness (QED) is 0.913. The normalized spacial score (nSPS) is 18.3. The molecule has 2 rings (SSSR count). The third-order valence-corrected chi connectivity index (χ3v) is 3.31. The molecule has 82 valence electrons. The van der Waals surface area contributed by atoms with Crippen LogP contribution in [0.5, 0.6) is 5.75 Å². The minimum absolute atomic E-state index is 0.0215. The maximum absolute atomic E-state index is 5.91. The van der Waals surface area contributed by atoms with E-state index >= 15 is 0 Å². The summed E-state index contributed by atoms with van der Waals surface area (Å²) in [5, 5.41) is 0. The van der Waals surface area contributed by atoms with Crippen LogP contribution in [0.2, 0.25) is 0 Å². The molecule has 0 spiro atoms. The smallest absolute Gasteiger partial charge is 0.125 e. The molecule has 0 aromatic heterocycles. The summed E-state index contributed by atoms with van der Waals surface area (Å²) in [7, 11) is 0. The molecular formula is C12H16BrNO. The van der Waals surface area contributed by atoms with E-state index in [-0.39, 0.29) is 6.04 Å². The van der Waals surface area contributed by atoms with Crippen molar-refractivity contribution >= 4 is 15.9 Å². The Labute approximate surface area is 98.9 Å². The van der Waals surface area contributed by atoms with E-state index in [0.717, 1.165) is 15.8 Å². The van der Waals surface area contributed by atoms with Crippen molar-refractivity contribution < 1.29 is 4.74 Å². The van der Waals surface area contributed by atoms with Gasteiger partial charge in [-0.1, -0.05) is 22.0 Å². The Morgan fingerprint density at radius 1 is 1.47 bits per heavy atom. The summed E-state index contributed by atoms with van der Waals surface area (Å²) in [6, 6.07) is 6.07. The zero-order chi connectivity index (χ0) is 10.8. The van der Waals surface area contributed by atoms with Crippen LogP contribution in [0.3, 0.4) is 0 Å². The fraction of sp³-hybridized carbons (Fsp3) is 0.500. The molecule has 1 fully saturated rings. The largest absolute Gasteiger partial charge is 0.490 e. The van der Waals surface area contributed by atoms with E-state index in [9.17, 15) is 0 Å². The van der Waals surface area contributed by atoms with E-state index in [1.807, 2.05) is 25.1 Å². The van der Waals surface area contributed by atoms with Crippen LogP contribution in [0.25, 0.3) is 0 Å². The number of hydrogen-bond donors (Lipinski definition) is 1. The first-order valence-corrected chi connectivity index (χ1v) is 6.18. The fourth-order valence-electron chi connectivity index (χ4n) is 1.65. The van der Waals surface area contributed by atoms with Gasteiger partial charge >= 0.3 is 0 Å². The summed E-state index contributed by atoms with van der Waals surface area (Å²) >= 11 is 3.45. The highest BCUT2D eigenvalue weighted by Crippen LogP contribution is 2.32. The lowest BCUT2D eigenvalue weighted by Gasteiger charge is -2.28. The predicted octanol–water partition coefficient (Wildman–Crippen LogP) is 3.40. The Balaban J connectivity index is 2.21. The second-order valence-electron chi connectivity index (χ2n) is 4.14. The predicted molar refractivity (Wildman–Crippen MR) is 65.0 cm³/mol. The highest BCUT2D eigenvalue weighted by molar-refractivity contribution is 9.10. The number of hydrogen-bond acceptors (Lipinski definition) is 2. The summed E-state index contributed by atoms with van der Waals surface area (Å²) < 4.78 is 6.96. The van der Waals surface area contributed by atoms with Crippen molar-refractivity contribution in [2.75, 3.05) is 0 Å². The van der Waals surface area contributed by atoms with Gasteiger partial charge in [0.1, 0.15) is 5.75 Å². The van der Waals surface area contributed by atoms with Crippen LogP contribution in [0.1, 0.15) is 37.8 Å². The number of ether oxygens (including phenoxy) is 1. The number of nitrogens with two attached hydrogens (primary N) is 1. The van der Waals surface area contributed by atoms with Gasteiger partial charge in [-0.15, -0.1) is 0 Å². The summed E-state index contributed by atoms with van der Waals surface area (Å²) in [5.74, 6) is 0.934. The fourth-order valence-corrected chi connectivity index (χ4v) is 1.99. The molecule has 0 radical (unpaired) electrons. The highest BCUT2D eigenvalue weighted by atomic mass is 79.9. The molecule has 1 unspecified atom stereocenters. The molecule has 1 atom stereocenters. The van der Waals surface area contributed by atoms with E-state index in [1.165, 1.54) is 19.3 Å². The van der Waals surface area contributed by atoms with Gasteiger partial charge in [0.05, 0.1) is 6.10 Å². The van der Waals surface area contributed by atoms with E-state index in [4.69, 9.17) is 10.5 Å². The third kappa shape index (κ3) is 2.52. The van der Waals surface area contributed by atoms with Gasteiger partial charge in [-0.2, -0.15) is 0 Å². The van der Waals surface area contributed by atoms with Crippen LogP contribution in [0.4, 0.5) is 0 Å². The monoisotopic (exact) mass is 269 g/mol. The van der Waals surface area contributed by atoms with E-state index in [1.54, 1.807) is 0 Å². The molecule has 1 aliphatic rings. The lowest BCUT2D eigenvalue weighted by atomic mass is 9.96. The van der Waals surface area contributed by atoms with Crippen LogP contribution in [-0.2, 0) is 0 Å². The molecule has 2 nitrogen and oxygen atoms in total. The number of rotatable bonds is 3. The Morgan fingerprint density at radius 3 is 2.73 bits per heavy atom. The Morgan fingerprint density at radius 2 is 2.20 bits per heavy atom. The van der Waals surface area contributed by atoms with E-state index < -0.39 is 0 Å². The van der Waals surface area contributed by atoms with Crippen LogP contribution < -0.4 is 10.5 Å². The standard InChI is InChI=1S/C12H16BrNO/c1-8(14)11-6-5-9(13)7-12(11)15-10-3-2-4-10/h5-8,10H,2-4,14H2,1H3. The van der Waals surface area contributed by atoms with Crippen LogP contribution in [0.15, 0.2) is 22.7 Å². The van der Waals surface area contributed by atoms with Gasteiger partial charge in [0.25, 0.3) is 0 Å². The lowest BCUT2D eigenvalue weighted by Crippen LogP contribution is -2.25. The summed E-state index contributed by atoms with van der Waals surface area (Å²) in [6.45, 7) is 1.98. The maximum atomic E-state index is 5.91. The van der Waals surface area contributed by atoms with Crippen molar-refractivity contribution in [2.24, 2.45) is 5.73 Å². The molecule has 0 saturated heterocycles. The summed E-state index contributed by atoms with van der Waals surface area (Å²) in [5.41, 5.74) is 6.99. The molecule has 3 heteroatoms.